The predicted octanol–water partition coefficient (Wildman–Crippen LogP) is -0.191. The first-order chi connectivity index (χ1) is 17.2. The molecule has 0 aromatic heterocycles. The zero-order valence-electron chi connectivity index (χ0n) is 21.0. The minimum absolute atomic E-state index is 0.0846. The summed E-state index contributed by atoms with van der Waals surface area (Å²) in [6.45, 7) is 4.02. The lowest BCUT2D eigenvalue weighted by Gasteiger charge is -2.24. The standard InChI is InChI=1S/C25H35N5O6/c1-15(2)22-25(35)26-10-11-36-19-7-5-4-6-17(19)23(33)28-18(24(34)27-13-16-8-9-16)12-21(32)30(3)14-20(31)29-22/h4-7,15-16,18,22H,8-14H2,1-3H3,(H,26,35)(H,27,34)(H,28,33)(H,29,31)/t18-,22+/m0/s1. The lowest BCUT2D eigenvalue weighted by Crippen LogP contribution is -2.53. The number of likely N-dealkylation sites (N-methyl/N-ethyl adjacent to an activating group) is 1. The van der Waals surface area contributed by atoms with Crippen molar-refractivity contribution in [1.29, 1.82) is 0 Å². The van der Waals surface area contributed by atoms with Gasteiger partial charge in [0.15, 0.2) is 0 Å². The summed E-state index contributed by atoms with van der Waals surface area (Å²) in [5.74, 6) is -1.92. The van der Waals surface area contributed by atoms with E-state index in [1.165, 1.54) is 11.9 Å². The summed E-state index contributed by atoms with van der Waals surface area (Å²) in [5.41, 5.74) is 0.200. The fourth-order valence-electron chi connectivity index (χ4n) is 3.75. The molecule has 1 heterocycles. The van der Waals surface area contributed by atoms with E-state index in [9.17, 15) is 24.0 Å². The van der Waals surface area contributed by atoms with E-state index in [1.54, 1.807) is 38.1 Å². The van der Waals surface area contributed by atoms with Crippen LogP contribution in [-0.4, -0.2) is 79.8 Å². The lowest BCUT2D eigenvalue weighted by atomic mass is 10.0. The normalized spacial score (nSPS) is 22.5. The molecule has 2 atom stereocenters. The smallest absolute Gasteiger partial charge is 0.255 e. The second-order valence-corrected chi connectivity index (χ2v) is 9.59. The highest BCUT2D eigenvalue weighted by molar-refractivity contribution is 6.01. The number of nitrogens with zero attached hydrogens (tertiary/aromatic N) is 1. The van der Waals surface area contributed by atoms with E-state index >= 15 is 0 Å². The van der Waals surface area contributed by atoms with E-state index in [-0.39, 0.29) is 49.3 Å². The van der Waals surface area contributed by atoms with E-state index in [4.69, 9.17) is 4.74 Å². The van der Waals surface area contributed by atoms with Crippen LogP contribution < -0.4 is 26.0 Å². The molecule has 1 aromatic rings. The van der Waals surface area contributed by atoms with Crippen LogP contribution in [-0.2, 0) is 19.2 Å². The van der Waals surface area contributed by atoms with E-state index in [0.717, 1.165) is 12.8 Å². The van der Waals surface area contributed by atoms with Crippen molar-refractivity contribution in [1.82, 2.24) is 26.2 Å². The maximum atomic E-state index is 13.1. The third-order valence-corrected chi connectivity index (χ3v) is 6.13. The summed E-state index contributed by atoms with van der Waals surface area (Å²) >= 11 is 0. The Hall–Kier alpha value is -3.63. The molecule has 1 aromatic carbocycles. The van der Waals surface area contributed by atoms with Crippen LogP contribution in [0.3, 0.4) is 0 Å². The van der Waals surface area contributed by atoms with Crippen molar-refractivity contribution in [2.75, 3.05) is 33.3 Å². The Morgan fingerprint density at radius 1 is 1.14 bits per heavy atom. The van der Waals surface area contributed by atoms with Crippen LogP contribution in [0.2, 0.25) is 0 Å². The third-order valence-electron chi connectivity index (χ3n) is 6.13. The molecule has 0 bridgehead atoms. The van der Waals surface area contributed by atoms with Crippen LogP contribution in [0.25, 0.3) is 0 Å². The number of carbonyl (C=O) groups excluding carboxylic acids is 5. The summed E-state index contributed by atoms with van der Waals surface area (Å²) in [6, 6.07) is 4.61. The van der Waals surface area contributed by atoms with Gasteiger partial charge >= 0.3 is 0 Å². The zero-order chi connectivity index (χ0) is 26.2. The van der Waals surface area contributed by atoms with Crippen molar-refractivity contribution in [3.8, 4) is 5.75 Å². The molecule has 1 aliphatic carbocycles. The summed E-state index contributed by atoms with van der Waals surface area (Å²) < 4.78 is 5.73. The molecule has 4 N–H and O–H groups in total. The molecule has 11 nitrogen and oxygen atoms in total. The number of hydrogen-bond acceptors (Lipinski definition) is 6. The maximum absolute atomic E-state index is 13.1. The monoisotopic (exact) mass is 501 g/mol. The number of nitrogens with one attached hydrogen (secondary N) is 4. The molecule has 3 rings (SSSR count). The fraction of sp³-hybridized carbons (Fsp3) is 0.560. The van der Waals surface area contributed by atoms with Gasteiger partial charge in [-0.1, -0.05) is 26.0 Å². The summed E-state index contributed by atoms with van der Waals surface area (Å²) in [7, 11) is 1.44. The van der Waals surface area contributed by atoms with E-state index in [0.29, 0.717) is 12.5 Å². The Bertz CT molecular complexity index is 993. The van der Waals surface area contributed by atoms with Crippen molar-refractivity contribution < 1.29 is 28.7 Å². The number of carbonyl (C=O) groups is 5. The van der Waals surface area contributed by atoms with Crippen LogP contribution in [0.4, 0.5) is 0 Å². The molecule has 0 unspecified atom stereocenters. The molecule has 1 aliphatic heterocycles. The molecule has 0 saturated heterocycles. The first kappa shape index (κ1) is 27.0. The Kier molecular flexibility index (Phi) is 9.26. The van der Waals surface area contributed by atoms with Crippen molar-refractivity contribution in [2.24, 2.45) is 11.8 Å². The maximum Gasteiger partial charge on any atom is 0.255 e. The van der Waals surface area contributed by atoms with Gasteiger partial charge in [0.05, 0.1) is 25.1 Å². The van der Waals surface area contributed by atoms with Crippen LogP contribution in [0, 0.1) is 11.8 Å². The number of benzene rings is 1. The molecule has 1 saturated carbocycles. The van der Waals surface area contributed by atoms with E-state index in [1.807, 2.05) is 0 Å². The minimum atomic E-state index is -1.13. The highest BCUT2D eigenvalue weighted by Gasteiger charge is 2.30. The summed E-state index contributed by atoms with van der Waals surface area (Å²) in [4.78, 5) is 65.3. The molecule has 5 amide bonds. The fourth-order valence-corrected chi connectivity index (χ4v) is 3.75. The van der Waals surface area contributed by atoms with Crippen LogP contribution in [0.1, 0.15) is 43.5 Å². The molecule has 2 aliphatic rings. The van der Waals surface area contributed by atoms with Gasteiger partial charge in [-0.3, -0.25) is 24.0 Å². The Balaban J connectivity index is 1.84. The quantitative estimate of drug-likeness (QED) is 0.450. The van der Waals surface area contributed by atoms with Gasteiger partial charge in [-0.15, -0.1) is 0 Å². The average molecular weight is 502 g/mol. The predicted molar refractivity (Wildman–Crippen MR) is 131 cm³/mol. The number of fused-ring (bicyclic) bond motifs is 1. The Labute approximate surface area is 210 Å². The van der Waals surface area contributed by atoms with Crippen molar-refractivity contribution in [2.45, 2.75) is 45.2 Å². The summed E-state index contributed by atoms with van der Waals surface area (Å²) in [5, 5.41) is 10.9. The number of para-hydroxylation sites is 1. The Morgan fingerprint density at radius 3 is 2.56 bits per heavy atom. The molecule has 0 spiro atoms. The average Bonchev–Trinajstić information content (AvgIpc) is 3.67. The third kappa shape index (κ3) is 7.69. The van der Waals surface area contributed by atoms with Crippen LogP contribution in [0.15, 0.2) is 24.3 Å². The van der Waals surface area contributed by atoms with Crippen molar-refractivity contribution in [3.05, 3.63) is 29.8 Å². The molecule has 0 radical (unpaired) electrons. The van der Waals surface area contributed by atoms with E-state index in [2.05, 4.69) is 21.3 Å². The van der Waals surface area contributed by atoms with Gasteiger partial charge in [0.2, 0.25) is 23.6 Å². The van der Waals surface area contributed by atoms with Crippen LogP contribution in [0.5, 0.6) is 5.75 Å². The van der Waals surface area contributed by atoms with Gasteiger partial charge in [0.1, 0.15) is 24.4 Å². The number of rotatable bonds is 4. The van der Waals surface area contributed by atoms with Gasteiger partial charge in [0, 0.05) is 13.6 Å². The second kappa shape index (κ2) is 12.4. The number of amides is 5. The minimum Gasteiger partial charge on any atom is -0.491 e. The topological polar surface area (TPSA) is 146 Å². The second-order valence-electron chi connectivity index (χ2n) is 9.59. The SMILES string of the molecule is CC(C)[C@H]1NC(=O)CN(C)C(=O)C[C@@H](C(=O)NCC2CC2)NC(=O)c2ccccc2OCCNC1=O. The van der Waals surface area contributed by atoms with Crippen LogP contribution >= 0.6 is 0 Å². The zero-order valence-corrected chi connectivity index (χ0v) is 21.0. The first-order valence-electron chi connectivity index (χ1n) is 12.3. The molecule has 11 heteroatoms. The highest BCUT2D eigenvalue weighted by atomic mass is 16.5. The number of ether oxygens (including phenoxy) is 1. The van der Waals surface area contributed by atoms with Crippen molar-refractivity contribution >= 4 is 29.5 Å². The van der Waals surface area contributed by atoms with Gasteiger partial charge < -0.3 is 30.9 Å². The summed E-state index contributed by atoms with van der Waals surface area (Å²) in [6.07, 6.45) is 1.74. The van der Waals surface area contributed by atoms with Gasteiger partial charge in [-0.2, -0.15) is 0 Å². The lowest BCUT2D eigenvalue weighted by molar-refractivity contribution is -0.137. The molecule has 196 valence electrons. The van der Waals surface area contributed by atoms with Gasteiger partial charge in [-0.05, 0) is 36.8 Å². The molecule has 1 fully saturated rings. The molecular formula is C25H35N5O6. The largest absolute Gasteiger partial charge is 0.491 e. The van der Waals surface area contributed by atoms with Crippen molar-refractivity contribution in [3.63, 3.8) is 0 Å². The number of hydrogen-bond donors (Lipinski definition) is 4. The molecular weight excluding hydrogens is 466 g/mol. The molecule has 36 heavy (non-hydrogen) atoms. The first-order valence-corrected chi connectivity index (χ1v) is 12.3. The Morgan fingerprint density at radius 2 is 1.86 bits per heavy atom. The van der Waals surface area contributed by atoms with Gasteiger partial charge in [0.25, 0.3) is 5.91 Å². The highest BCUT2D eigenvalue weighted by Crippen LogP contribution is 2.27. The van der Waals surface area contributed by atoms with Gasteiger partial charge in [-0.25, -0.2) is 0 Å². The van der Waals surface area contributed by atoms with E-state index < -0.39 is 35.7 Å².